The minimum absolute atomic E-state index is 0. The Bertz CT molecular complexity index is 1220. The minimum Gasteiger partial charge on any atom is -0.543 e. The zero-order valence-corrected chi connectivity index (χ0v) is 21.2. The Labute approximate surface area is 222 Å². The number of nitrogens with one attached hydrogen (secondary N) is 2. The third-order valence-electron chi connectivity index (χ3n) is 4.67. The van der Waals surface area contributed by atoms with Crippen molar-refractivity contribution >= 4 is 57.8 Å². The molecule has 1 fully saturated rings. The number of carboxylic acid groups (broad SMARTS) is 1. The van der Waals surface area contributed by atoms with Gasteiger partial charge in [0.05, 0.1) is 17.9 Å². The first-order chi connectivity index (χ1) is 15.9. The third kappa shape index (κ3) is 5.07. The van der Waals surface area contributed by atoms with Crippen LogP contribution in [-0.4, -0.2) is 71.2 Å². The molecule has 1 saturated heterocycles. The fraction of sp³-hybridized carbons (Fsp3) is 0.167. The Balaban J connectivity index is 0.00000324. The number of carbonyl (C=O) groups excluding carboxylic acids is 3. The second kappa shape index (κ2) is 11.0. The van der Waals surface area contributed by atoms with Crippen molar-refractivity contribution in [3.05, 3.63) is 52.5 Å². The molecule has 34 heavy (non-hydrogen) atoms. The van der Waals surface area contributed by atoms with E-state index in [-0.39, 0.29) is 51.8 Å². The second-order valence-corrected chi connectivity index (χ2v) is 8.65. The van der Waals surface area contributed by atoms with E-state index in [1.54, 1.807) is 24.3 Å². The van der Waals surface area contributed by atoms with Gasteiger partial charge in [0, 0.05) is 11.1 Å². The van der Waals surface area contributed by atoms with E-state index in [0.29, 0.717) is 11.3 Å². The largest absolute Gasteiger partial charge is 1.00 e. The van der Waals surface area contributed by atoms with Crippen LogP contribution < -0.4 is 45.7 Å². The minimum atomic E-state index is -1.51. The van der Waals surface area contributed by atoms with Crippen LogP contribution in [0.3, 0.4) is 0 Å². The fourth-order valence-corrected chi connectivity index (χ4v) is 5.06. The molecule has 0 aliphatic carbocycles. The summed E-state index contributed by atoms with van der Waals surface area (Å²) < 4.78 is 0. The monoisotopic (exact) mass is 510 g/mol. The molecule has 2 aromatic heterocycles. The first kappa shape index (κ1) is 25.6. The molecule has 0 aromatic carbocycles. The molecule has 0 spiro atoms. The predicted octanol–water partition coefficient (Wildman–Crippen LogP) is -4.30. The molecule has 4 rings (SSSR count). The number of carboxylic acids is 1. The van der Waals surface area contributed by atoms with Crippen LogP contribution in [0.25, 0.3) is 6.08 Å². The van der Waals surface area contributed by atoms with Gasteiger partial charge in [-0.2, -0.15) is 15.4 Å². The average Bonchev–Trinajstić information content (AvgIpc) is 3.46. The van der Waals surface area contributed by atoms with E-state index in [2.05, 4.69) is 30.9 Å². The molecular formula is C18H15N8NaO5S2. The smallest absolute Gasteiger partial charge is 0.543 e. The van der Waals surface area contributed by atoms with E-state index >= 15 is 0 Å². The summed E-state index contributed by atoms with van der Waals surface area (Å²) in [4.78, 5) is 42.0. The Morgan fingerprint density at radius 3 is 2.76 bits per heavy atom. The maximum absolute atomic E-state index is 12.7. The van der Waals surface area contributed by atoms with Gasteiger partial charge >= 0.3 is 29.6 Å². The number of nitrogen functional groups attached to an aromatic ring is 1. The first-order valence-corrected chi connectivity index (χ1v) is 11.2. The summed E-state index contributed by atoms with van der Waals surface area (Å²) in [6, 6.07) is -1.01. The molecule has 0 unspecified atom stereocenters. The fourth-order valence-electron chi connectivity index (χ4n) is 3.20. The van der Waals surface area contributed by atoms with E-state index < -0.39 is 34.9 Å². The molecule has 2 aliphatic heterocycles. The van der Waals surface area contributed by atoms with Crippen molar-refractivity contribution in [2.75, 3.05) is 11.5 Å². The van der Waals surface area contributed by atoms with Crippen LogP contribution >= 0.6 is 23.1 Å². The van der Waals surface area contributed by atoms with Gasteiger partial charge in [-0.3, -0.25) is 14.5 Å². The Morgan fingerprint density at radius 2 is 2.15 bits per heavy atom. The van der Waals surface area contributed by atoms with Crippen molar-refractivity contribution in [2.45, 2.75) is 11.4 Å². The van der Waals surface area contributed by atoms with Crippen molar-refractivity contribution in [2.24, 2.45) is 5.16 Å². The van der Waals surface area contributed by atoms with E-state index in [0.717, 1.165) is 16.2 Å². The van der Waals surface area contributed by atoms with Crippen LogP contribution in [0.2, 0.25) is 0 Å². The predicted molar refractivity (Wildman–Crippen MR) is 116 cm³/mol. The van der Waals surface area contributed by atoms with E-state index in [1.165, 1.54) is 23.3 Å². The Hall–Kier alpha value is -2.98. The number of H-pyrrole nitrogens is 1. The van der Waals surface area contributed by atoms with Gasteiger partial charge in [-0.1, -0.05) is 23.4 Å². The quantitative estimate of drug-likeness (QED) is 0.0705. The number of hydrogen-bond donors (Lipinski definition) is 4. The number of rotatable bonds is 7. The summed E-state index contributed by atoms with van der Waals surface area (Å²) in [5.74, 6) is -2.71. The molecular weight excluding hydrogens is 495 g/mol. The maximum Gasteiger partial charge on any atom is 1.00 e. The molecule has 0 radical (unpaired) electrons. The van der Waals surface area contributed by atoms with Crippen LogP contribution in [0, 0.1) is 0 Å². The first-order valence-electron chi connectivity index (χ1n) is 9.24. The number of β-lactam (4-membered cyclic amide) rings is 1. The molecule has 170 valence electrons. The normalized spacial score (nSPS) is 20.3. The zero-order valence-electron chi connectivity index (χ0n) is 17.5. The van der Waals surface area contributed by atoms with E-state index in [4.69, 9.17) is 5.73 Å². The number of aromatic nitrogens is 4. The number of anilines is 1. The Kier molecular flexibility index (Phi) is 8.27. The number of amides is 2. The molecule has 2 aliphatic rings. The van der Waals surface area contributed by atoms with E-state index in [9.17, 15) is 24.7 Å². The van der Waals surface area contributed by atoms with Crippen molar-refractivity contribution < 1.29 is 54.3 Å². The topological polar surface area (TPSA) is 203 Å². The number of oxime groups is 1. The molecule has 2 amide bonds. The van der Waals surface area contributed by atoms with E-state index in [1.807, 2.05) is 0 Å². The Morgan fingerprint density at radius 1 is 1.38 bits per heavy atom. The van der Waals surface area contributed by atoms with Crippen LogP contribution in [0.15, 0.2) is 46.2 Å². The van der Waals surface area contributed by atoms with Crippen molar-refractivity contribution in [3.63, 3.8) is 0 Å². The zero-order chi connectivity index (χ0) is 23.5. The summed E-state index contributed by atoms with van der Waals surface area (Å²) in [6.07, 6.45) is 8.00. The number of hydrogen-bond acceptors (Lipinski definition) is 12. The third-order valence-corrected chi connectivity index (χ3v) is 6.64. The number of aromatic amines is 1. The van der Waals surface area contributed by atoms with Gasteiger partial charge in [-0.05, 0) is 11.6 Å². The average molecular weight is 510 g/mol. The summed E-state index contributed by atoms with van der Waals surface area (Å²) in [6.45, 7) is 0. The number of thiazole rings is 1. The summed E-state index contributed by atoms with van der Waals surface area (Å²) in [5.41, 5.74) is 5.90. The molecule has 0 bridgehead atoms. The molecule has 5 N–H and O–H groups in total. The molecule has 16 heteroatoms. The molecule has 4 heterocycles. The number of fused-ring (bicyclic) bond motifs is 1. The van der Waals surface area contributed by atoms with Crippen molar-refractivity contribution in [1.29, 1.82) is 0 Å². The maximum atomic E-state index is 12.7. The van der Waals surface area contributed by atoms with Gasteiger partial charge in [-0.25, -0.2) is 4.98 Å². The molecule has 2 aromatic rings. The van der Waals surface area contributed by atoms with Crippen LogP contribution in [-0.2, 0) is 14.4 Å². The van der Waals surface area contributed by atoms with Gasteiger partial charge in [0.1, 0.15) is 22.8 Å². The van der Waals surface area contributed by atoms with Gasteiger partial charge in [0.25, 0.3) is 11.8 Å². The summed E-state index contributed by atoms with van der Waals surface area (Å²) in [5, 5.41) is 37.4. The summed E-state index contributed by atoms with van der Waals surface area (Å²) >= 11 is 2.33. The van der Waals surface area contributed by atoms with Crippen molar-refractivity contribution in [1.82, 2.24) is 30.6 Å². The van der Waals surface area contributed by atoms with Gasteiger partial charge in [0.15, 0.2) is 10.8 Å². The van der Waals surface area contributed by atoms with Crippen LogP contribution in [0.4, 0.5) is 5.13 Å². The van der Waals surface area contributed by atoms with Gasteiger partial charge in [-0.15, -0.1) is 23.1 Å². The number of nitrogens with two attached hydrogens (primary N) is 1. The number of aliphatic carboxylic acids is 1. The molecule has 13 nitrogen and oxygen atoms in total. The number of nitrogens with zero attached hydrogens (tertiary/aromatic N) is 5. The van der Waals surface area contributed by atoms with Crippen LogP contribution in [0.5, 0.6) is 0 Å². The molecule has 0 saturated carbocycles. The summed E-state index contributed by atoms with van der Waals surface area (Å²) in [7, 11) is 0. The SMILES string of the molecule is Nc1nc(/C(=N/O)C(=O)N[C@@H]2C(=O)N3C(C(=O)[O-])=C(/C=C/C=C/c4cn[nH]n4)CS[C@H]23)cs1.[Na+]. The second-order valence-electron chi connectivity index (χ2n) is 6.65. The standard InChI is InChI=1S/C18H16N8O5S2.Na/c19-18-21-10(7-33-18)11(24-31)14(27)22-12-15(28)26-13(17(29)30)8(6-32-16(12)26)3-1-2-4-9-5-20-25-23-9;/h1-5,7,12,16,31H,6H2,(H2,19,21)(H,22,27)(H,29,30)(H,20,23,25);/q;+1/p-1/b3-1+,4-2+,24-11-;/t12-,16-;/m1./s1. The number of allylic oxidation sites excluding steroid dienone is 3. The van der Waals surface area contributed by atoms with Crippen LogP contribution in [0.1, 0.15) is 11.4 Å². The van der Waals surface area contributed by atoms with Gasteiger partial charge < -0.3 is 26.2 Å². The van der Waals surface area contributed by atoms with Gasteiger partial charge in [0.2, 0.25) is 0 Å². The molecule has 2 atom stereocenters. The van der Waals surface area contributed by atoms with Crippen molar-refractivity contribution in [3.8, 4) is 0 Å². The number of thioether (sulfide) groups is 1. The number of carbonyl (C=O) groups is 3.